The van der Waals surface area contributed by atoms with Crippen molar-refractivity contribution >= 4 is 75.8 Å². The molecular weight excluding hydrogens is 751 g/mol. The van der Waals surface area contributed by atoms with Crippen LogP contribution in [0.15, 0.2) is 96.4 Å². The zero-order valence-electron chi connectivity index (χ0n) is 26.4. The Labute approximate surface area is 350 Å². The molecule has 244 valence electrons. The molecule has 0 spiro atoms. The van der Waals surface area contributed by atoms with Crippen molar-refractivity contribution in [2.45, 2.75) is 21.6 Å². The number of aromatic nitrogens is 3. The van der Waals surface area contributed by atoms with Gasteiger partial charge in [-0.25, -0.2) is 21.6 Å². The molecule has 0 radical (unpaired) electrons. The van der Waals surface area contributed by atoms with E-state index in [0.29, 0.717) is 23.9 Å². The third-order valence-electron chi connectivity index (χ3n) is 6.36. The molecule has 4 aromatic carbocycles. The average Bonchev–Trinajstić information content (AvgIpc) is 2.96. The van der Waals surface area contributed by atoms with Crippen molar-refractivity contribution in [3.05, 3.63) is 82.8 Å². The number of hydrogen-bond donors (Lipinski definition) is 4. The quantitative estimate of drug-likeness (QED) is 0.0616. The van der Waals surface area contributed by atoms with Crippen molar-refractivity contribution in [3.8, 4) is 5.75 Å². The van der Waals surface area contributed by atoms with Gasteiger partial charge in [0.05, 0.1) is 15.5 Å². The fourth-order valence-electron chi connectivity index (χ4n) is 4.29. The minimum atomic E-state index is -5.31. The number of nitrogens with zero attached hydrogens (tertiary/aromatic N) is 4. The van der Waals surface area contributed by atoms with Crippen LogP contribution in [0.2, 0.25) is 0 Å². The van der Waals surface area contributed by atoms with Crippen LogP contribution in [-0.2, 0) is 30.4 Å². The molecule has 0 bridgehead atoms. The molecule has 5 aromatic rings. The smallest absolute Gasteiger partial charge is 0.870 e. The number of para-hydroxylation sites is 1. The fraction of sp³-hybridized carbons (Fsp3) is 0.0385. The summed E-state index contributed by atoms with van der Waals surface area (Å²) in [6, 6.07) is 13.2. The minimum Gasteiger partial charge on any atom is -0.870 e. The van der Waals surface area contributed by atoms with E-state index < -0.39 is 90.3 Å². The molecule has 0 unspecified atom stereocenters. The van der Waals surface area contributed by atoms with Gasteiger partial charge < -0.3 is 24.8 Å². The van der Waals surface area contributed by atoms with Crippen LogP contribution in [0, 0.1) is 6.92 Å². The zero-order valence-corrected chi connectivity index (χ0v) is 34.8. The second kappa shape index (κ2) is 17.0. The van der Waals surface area contributed by atoms with E-state index in [9.17, 15) is 48.8 Å². The number of fused-ring (bicyclic) bond motifs is 1. The molecule has 18 nitrogen and oxygen atoms in total. The number of aryl methyl sites for hydroxylation is 1. The summed E-state index contributed by atoms with van der Waals surface area (Å²) in [5.41, 5.74) is -1.84. The molecule has 0 saturated carbocycles. The monoisotopic (exact) mass is 769 g/mol. The Morgan fingerprint density at radius 3 is 2.04 bits per heavy atom. The second-order valence-corrected chi connectivity index (χ2v) is 13.7. The van der Waals surface area contributed by atoms with Crippen LogP contribution in [-0.4, -0.2) is 53.9 Å². The summed E-state index contributed by atoms with van der Waals surface area (Å²) < 4.78 is 105. The average molecular weight is 770 g/mol. The van der Waals surface area contributed by atoms with Gasteiger partial charge in [-0.05, 0) is 59.7 Å². The summed E-state index contributed by atoms with van der Waals surface area (Å²) in [5, 5.41) is 25.2. The van der Waals surface area contributed by atoms with Gasteiger partial charge in [0, 0.05) is 11.4 Å². The molecule has 0 saturated heterocycles. The van der Waals surface area contributed by atoms with Gasteiger partial charge in [-0.1, -0.05) is 36.1 Å². The summed E-state index contributed by atoms with van der Waals surface area (Å²) in [7, 11) is -15.7. The van der Waals surface area contributed by atoms with Crippen molar-refractivity contribution in [2.24, 2.45) is 10.2 Å². The fourth-order valence-corrected chi connectivity index (χ4v) is 6.09. The van der Waals surface area contributed by atoms with Gasteiger partial charge in [0.25, 0.3) is 10.1 Å². The number of rotatable bonds is 9. The number of aromatic amines is 1. The predicted molar refractivity (Wildman–Crippen MR) is 160 cm³/mol. The number of H-pyrrole nitrogens is 1. The molecule has 50 heavy (non-hydrogen) atoms. The van der Waals surface area contributed by atoms with Crippen molar-refractivity contribution < 1.29 is 133 Å². The summed E-state index contributed by atoms with van der Waals surface area (Å²) >= 11 is 0. The van der Waals surface area contributed by atoms with Gasteiger partial charge in [-0.2, -0.15) is 18.4 Å². The van der Waals surface area contributed by atoms with Crippen molar-refractivity contribution in [1.29, 1.82) is 0 Å². The first-order chi connectivity index (χ1) is 21.9. The maximum absolute atomic E-state index is 13.8. The number of nitrogens with one attached hydrogen (secondary N) is 3. The minimum absolute atomic E-state index is 0. The zero-order chi connectivity index (χ0) is 34.3. The normalized spacial score (nSPS) is 11.7. The first-order valence-electron chi connectivity index (χ1n) is 12.7. The standard InChI is InChI=1S/C26H21N7O11S3.3Na/c1-13-6-2-3-7-16(13)27-24-29-25(31-26(35)30-24)28-18-12-15(45(36,37)38)10-14-11-20(47(42,43)44)22(23(34)21(14)18)33-32-17-8-4-5-9-19(17)46(39,40)41;;;/h2-12,34H,1H3,(H,36,37,38)(H,39,40,41)(H,42,43,44)(H3,27,28,29,30,31,35);;;/q;3*+1/p-3. The Bertz CT molecular complexity index is 2520. The molecule has 4 N–H and O–H groups in total. The number of benzene rings is 4. The molecule has 0 aliphatic rings. The molecule has 1 aromatic heterocycles. The third kappa shape index (κ3) is 10.2. The van der Waals surface area contributed by atoms with Crippen LogP contribution in [0.25, 0.3) is 10.8 Å². The number of anilines is 4. The van der Waals surface area contributed by atoms with Crippen molar-refractivity contribution in [1.82, 2.24) is 15.0 Å². The van der Waals surface area contributed by atoms with E-state index in [4.69, 9.17) is 0 Å². The van der Waals surface area contributed by atoms with E-state index in [1.54, 1.807) is 31.2 Å². The van der Waals surface area contributed by atoms with Crippen LogP contribution < -0.4 is 110 Å². The molecule has 24 heteroatoms. The second-order valence-electron chi connectivity index (χ2n) is 9.56. The molecule has 1 heterocycles. The number of azo groups is 1. The van der Waals surface area contributed by atoms with E-state index in [0.717, 1.165) is 17.7 Å². The SMILES string of the molecule is Cc1ccccc1Nc1nc(Nc2cc(S(=O)(=O)[O-])cc3cc(S(=O)(=O)O)c(N=Nc4ccccc4S(=O)(=O)[O-])c([O-])c23)[nH]c(=O)n1.[Na+].[Na+].[Na+]. The Balaban J connectivity index is 0.00000289. The Morgan fingerprint density at radius 1 is 0.780 bits per heavy atom. The first kappa shape index (κ1) is 43.8. The topological polar surface area (TPSA) is 299 Å². The predicted octanol–water partition coefficient (Wildman–Crippen LogP) is -6.33. The third-order valence-corrected chi connectivity index (χ3v) is 8.92. The van der Waals surface area contributed by atoms with Crippen LogP contribution in [0.4, 0.5) is 34.6 Å². The van der Waals surface area contributed by atoms with Gasteiger partial charge >= 0.3 is 94.4 Å². The van der Waals surface area contributed by atoms with Crippen LogP contribution in [0.1, 0.15) is 5.56 Å². The van der Waals surface area contributed by atoms with Gasteiger partial charge in [-0.3, -0.25) is 9.54 Å². The van der Waals surface area contributed by atoms with E-state index >= 15 is 0 Å². The van der Waals surface area contributed by atoms with Crippen LogP contribution in [0.5, 0.6) is 5.75 Å². The van der Waals surface area contributed by atoms with Gasteiger partial charge in [-0.15, -0.1) is 10.2 Å². The molecule has 0 atom stereocenters. The van der Waals surface area contributed by atoms with Crippen molar-refractivity contribution in [2.75, 3.05) is 10.6 Å². The summed E-state index contributed by atoms with van der Waals surface area (Å²) in [5.74, 6) is -1.98. The Hall–Kier alpha value is -2.32. The van der Waals surface area contributed by atoms with E-state index in [1.165, 1.54) is 12.1 Å². The van der Waals surface area contributed by atoms with E-state index in [1.807, 2.05) is 0 Å². The summed E-state index contributed by atoms with van der Waals surface area (Å²) in [6.07, 6.45) is 0. The Kier molecular flexibility index (Phi) is 14.9. The van der Waals surface area contributed by atoms with Crippen LogP contribution >= 0.6 is 0 Å². The van der Waals surface area contributed by atoms with Gasteiger partial charge in [0.15, 0.2) is 0 Å². The van der Waals surface area contributed by atoms with E-state index in [2.05, 4.69) is 35.8 Å². The molecule has 5 rings (SSSR count). The van der Waals surface area contributed by atoms with Gasteiger partial charge in [0.2, 0.25) is 11.9 Å². The van der Waals surface area contributed by atoms with Crippen molar-refractivity contribution in [3.63, 3.8) is 0 Å². The molecule has 0 amide bonds. The molecular formula is C26H18N7Na3O11S3. The van der Waals surface area contributed by atoms with Crippen LogP contribution in [0.3, 0.4) is 0 Å². The maximum Gasteiger partial charge on any atom is 1.00 e. The first-order valence-corrected chi connectivity index (χ1v) is 17.0. The molecule has 0 fully saturated rings. The largest absolute Gasteiger partial charge is 1.00 e. The Morgan fingerprint density at radius 2 is 1.42 bits per heavy atom. The maximum atomic E-state index is 13.8. The summed E-state index contributed by atoms with van der Waals surface area (Å²) in [4.78, 5) is 19.4. The molecule has 0 aliphatic carbocycles. The number of hydrogen-bond acceptors (Lipinski definition) is 16. The van der Waals surface area contributed by atoms with E-state index in [-0.39, 0.29) is 94.6 Å². The molecule has 0 aliphatic heterocycles. The van der Waals surface area contributed by atoms with Gasteiger partial charge in [0.1, 0.15) is 30.8 Å². The summed E-state index contributed by atoms with van der Waals surface area (Å²) in [6.45, 7) is 1.76.